The summed E-state index contributed by atoms with van der Waals surface area (Å²) in [4.78, 5) is 32.3. The largest absolute Gasteiger partial charge is 0.383 e. The van der Waals surface area contributed by atoms with Gasteiger partial charge in [-0.15, -0.1) is 11.3 Å². The molecule has 6 nitrogen and oxygen atoms in total. The van der Waals surface area contributed by atoms with Crippen molar-refractivity contribution < 1.29 is 9.53 Å². The molecule has 148 valence electrons. The van der Waals surface area contributed by atoms with Crippen LogP contribution in [0.1, 0.15) is 43.6 Å². The number of amides is 1. The van der Waals surface area contributed by atoms with Crippen LogP contribution in [0, 0.1) is 0 Å². The normalized spacial score (nSPS) is 13.5. The molecule has 0 aliphatic heterocycles. The van der Waals surface area contributed by atoms with Gasteiger partial charge in [-0.1, -0.05) is 25.6 Å². The molecule has 2 heterocycles. The van der Waals surface area contributed by atoms with Crippen molar-refractivity contribution in [1.29, 1.82) is 0 Å². The maximum Gasteiger partial charge on any atom is 0.263 e. The number of hydrogen-bond acceptors (Lipinski definition) is 6. The molecule has 8 heteroatoms. The standard InChI is InChI=1S/C19H27N3O3S2/c1-4-12(5-2)20-15(23)11-26-19-21-17-16(13-7-6-8-14(13)27-17)18(24)22(19)9-10-25-3/h12H,4-11H2,1-3H3,(H,20,23). The minimum absolute atomic E-state index is 0.000601. The Balaban J connectivity index is 1.87. The number of carbonyl (C=O) groups excluding carboxylic acids is 1. The summed E-state index contributed by atoms with van der Waals surface area (Å²) < 4.78 is 6.85. The van der Waals surface area contributed by atoms with Crippen LogP contribution in [0.5, 0.6) is 0 Å². The van der Waals surface area contributed by atoms with E-state index < -0.39 is 0 Å². The lowest BCUT2D eigenvalue weighted by Gasteiger charge is -2.15. The summed E-state index contributed by atoms with van der Waals surface area (Å²) in [5.41, 5.74) is 1.18. The molecule has 0 unspecified atom stereocenters. The molecular formula is C19H27N3O3S2. The van der Waals surface area contributed by atoms with Crippen molar-refractivity contribution in [2.24, 2.45) is 0 Å². The third-order valence-electron chi connectivity index (χ3n) is 4.99. The third kappa shape index (κ3) is 4.38. The Morgan fingerprint density at radius 2 is 2.15 bits per heavy atom. The second-order valence-electron chi connectivity index (χ2n) is 6.75. The van der Waals surface area contributed by atoms with E-state index in [9.17, 15) is 9.59 Å². The maximum absolute atomic E-state index is 13.2. The molecule has 27 heavy (non-hydrogen) atoms. The zero-order valence-corrected chi connectivity index (χ0v) is 17.8. The smallest absolute Gasteiger partial charge is 0.263 e. The Kier molecular flexibility index (Phi) is 6.94. The summed E-state index contributed by atoms with van der Waals surface area (Å²) in [6.45, 7) is 5.01. The van der Waals surface area contributed by atoms with Crippen molar-refractivity contribution in [3.8, 4) is 0 Å². The molecule has 0 saturated heterocycles. The highest BCUT2D eigenvalue weighted by atomic mass is 32.2. The van der Waals surface area contributed by atoms with Gasteiger partial charge >= 0.3 is 0 Å². The summed E-state index contributed by atoms with van der Waals surface area (Å²) >= 11 is 2.96. The number of fused-ring (bicyclic) bond motifs is 3. The van der Waals surface area contributed by atoms with E-state index in [1.54, 1.807) is 23.0 Å². The van der Waals surface area contributed by atoms with E-state index >= 15 is 0 Å². The first-order valence-electron chi connectivity index (χ1n) is 9.55. The summed E-state index contributed by atoms with van der Waals surface area (Å²) in [6, 6.07) is 0.199. The number of hydrogen-bond donors (Lipinski definition) is 1. The van der Waals surface area contributed by atoms with Gasteiger partial charge in [-0.2, -0.15) is 0 Å². The molecule has 0 radical (unpaired) electrons. The van der Waals surface area contributed by atoms with Gasteiger partial charge in [-0.25, -0.2) is 4.98 Å². The first-order chi connectivity index (χ1) is 13.1. The molecule has 0 spiro atoms. The molecule has 2 aromatic rings. The Bertz CT molecular complexity index is 871. The average Bonchev–Trinajstić information content (AvgIpc) is 3.24. The summed E-state index contributed by atoms with van der Waals surface area (Å²) in [5.74, 6) is 0.238. The van der Waals surface area contributed by atoms with E-state index in [1.165, 1.54) is 22.2 Å². The molecule has 1 N–H and O–H groups in total. The number of carbonyl (C=O) groups is 1. The van der Waals surface area contributed by atoms with Crippen LogP contribution in [0.2, 0.25) is 0 Å². The SMILES string of the molecule is CCC(CC)NC(=O)CSc1nc2sc3c(c2c(=O)n1CCOC)CCC3. The number of ether oxygens (including phenoxy) is 1. The van der Waals surface area contributed by atoms with Gasteiger partial charge < -0.3 is 10.1 Å². The van der Waals surface area contributed by atoms with Crippen LogP contribution in [0.4, 0.5) is 0 Å². The van der Waals surface area contributed by atoms with Crippen LogP contribution in [-0.4, -0.2) is 41.0 Å². The Morgan fingerprint density at radius 3 is 2.85 bits per heavy atom. The lowest BCUT2D eigenvalue weighted by molar-refractivity contribution is -0.119. The summed E-state index contributed by atoms with van der Waals surface area (Å²) in [7, 11) is 1.62. The molecule has 0 fully saturated rings. The van der Waals surface area contributed by atoms with Gasteiger partial charge in [0, 0.05) is 18.0 Å². The number of aryl methyl sites for hydroxylation is 2. The molecule has 1 aliphatic rings. The number of methoxy groups -OCH3 is 1. The van der Waals surface area contributed by atoms with E-state index in [0.29, 0.717) is 18.3 Å². The molecule has 0 aromatic carbocycles. The summed E-state index contributed by atoms with van der Waals surface area (Å²) in [5, 5.41) is 4.41. The average molecular weight is 410 g/mol. The topological polar surface area (TPSA) is 73.2 Å². The molecule has 3 rings (SSSR count). The molecule has 1 amide bonds. The fourth-order valence-electron chi connectivity index (χ4n) is 3.44. The second kappa shape index (κ2) is 9.21. The molecule has 0 atom stereocenters. The molecule has 0 bridgehead atoms. The van der Waals surface area contributed by atoms with E-state index in [0.717, 1.165) is 42.3 Å². The van der Waals surface area contributed by atoms with Crippen molar-refractivity contribution in [2.45, 2.75) is 63.7 Å². The van der Waals surface area contributed by atoms with Gasteiger partial charge in [0.05, 0.1) is 24.3 Å². The highest BCUT2D eigenvalue weighted by Gasteiger charge is 2.23. The van der Waals surface area contributed by atoms with Crippen molar-refractivity contribution in [3.63, 3.8) is 0 Å². The Hall–Kier alpha value is -1.38. The van der Waals surface area contributed by atoms with Crippen LogP contribution in [0.25, 0.3) is 10.2 Å². The predicted octanol–water partition coefficient (Wildman–Crippen LogP) is 2.99. The minimum atomic E-state index is -0.0185. The maximum atomic E-state index is 13.2. The molecule has 0 saturated carbocycles. The van der Waals surface area contributed by atoms with Crippen LogP contribution in [0.3, 0.4) is 0 Å². The third-order valence-corrected chi connectivity index (χ3v) is 7.15. The minimum Gasteiger partial charge on any atom is -0.383 e. The zero-order valence-electron chi connectivity index (χ0n) is 16.2. The zero-order chi connectivity index (χ0) is 19.4. The van der Waals surface area contributed by atoms with Crippen molar-refractivity contribution >= 4 is 39.2 Å². The highest BCUT2D eigenvalue weighted by molar-refractivity contribution is 7.99. The summed E-state index contributed by atoms with van der Waals surface area (Å²) in [6.07, 6.45) is 4.93. The number of aromatic nitrogens is 2. The molecule has 2 aromatic heterocycles. The lowest BCUT2D eigenvalue weighted by atomic mass is 10.2. The first-order valence-corrected chi connectivity index (χ1v) is 11.3. The van der Waals surface area contributed by atoms with E-state index in [2.05, 4.69) is 19.2 Å². The van der Waals surface area contributed by atoms with E-state index in [4.69, 9.17) is 9.72 Å². The van der Waals surface area contributed by atoms with Crippen molar-refractivity contribution in [2.75, 3.05) is 19.5 Å². The van der Waals surface area contributed by atoms with Gasteiger partial charge in [0.2, 0.25) is 5.91 Å². The fraction of sp³-hybridized carbons (Fsp3) is 0.632. The van der Waals surface area contributed by atoms with Gasteiger partial charge in [0.15, 0.2) is 5.16 Å². The second-order valence-corrected chi connectivity index (χ2v) is 8.78. The van der Waals surface area contributed by atoms with Crippen LogP contribution in [0.15, 0.2) is 9.95 Å². The van der Waals surface area contributed by atoms with Crippen LogP contribution in [-0.2, 0) is 28.9 Å². The quantitative estimate of drug-likeness (QED) is 0.509. The van der Waals surface area contributed by atoms with E-state index in [1.807, 2.05) is 0 Å². The highest BCUT2D eigenvalue weighted by Crippen LogP contribution is 2.35. The van der Waals surface area contributed by atoms with Crippen LogP contribution < -0.4 is 10.9 Å². The van der Waals surface area contributed by atoms with Crippen molar-refractivity contribution in [3.05, 3.63) is 20.8 Å². The monoisotopic (exact) mass is 409 g/mol. The predicted molar refractivity (Wildman–Crippen MR) is 111 cm³/mol. The van der Waals surface area contributed by atoms with Gasteiger partial charge in [-0.3, -0.25) is 14.2 Å². The first kappa shape index (κ1) is 20.4. The fourth-order valence-corrected chi connectivity index (χ4v) is 5.58. The van der Waals surface area contributed by atoms with Crippen molar-refractivity contribution in [1.82, 2.24) is 14.9 Å². The number of thiophene rings is 1. The van der Waals surface area contributed by atoms with Gasteiger partial charge in [-0.05, 0) is 37.7 Å². The number of nitrogens with one attached hydrogen (secondary N) is 1. The lowest BCUT2D eigenvalue weighted by Crippen LogP contribution is -2.35. The number of rotatable bonds is 9. The van der Waals surface area contributed by atoms with Gasteiger partial charge in [0.25, 0.3) is 5.56 Å². The number of nitrogens with zero attached hydrogens (tertiary/aromatic N) is 2. The Labute approximate surface area is 167 Å². The van der Waals surface area contributed by atoms with E-state index in [-0.39, 0.29) is 23.3 Å². The van der Waals surface area contributed by atoms with Gasteiger partial charge in [0.1, 0.15) is 4.83 Å². The molecular weight excluding hydrogens is 382 g/mol. The van der Waals surface area contributed by atoms with Crippen LogP contribution >= 0.6 is 23.1 Å². The number of thioether (sulfide) groups is 1. The Morgan fingerprint density at radius 1 is 1.37 bits per heavy atom. The molecule has 1 aliphatic carbocycles.